The molecular formula is C22H27N3O3. The van der Waals surface area contributed by atoms with E-state index in [0.29, 0.717) is 18.7 Å². The van der Waals surface area contributed by atoms with Crippen molar-refractivity contribution in [3.05, 3.63) is 59.7 Å². The van der Waals surface area contributed by atoms with Gasteiger partial charge in [0.2, 0.25) is 11.8 Å². The van der Waals surface area contributed by atoms with E-state index in [1.165, 1.54) is 11.1 Å². The lowest BCUT2D eigenvalue weighted by Gasteiger charge is -2.28. The zero-order valence-electron chi connectivity index (χ0n) is 16.5. The summed E-state index contributed by atoms with van der Waals surface area (Å²) in [6, 6.07) is 14.2. The first kappa shape index (κ1) is 19.9. The van der Waals surface area contributed by atoms with Crippen LogP contribution in [-0.2, 0) is 22.6 Å². The summed E-state index contributed by atoms with van der Waals surface area (Å²) >= 11 is 0. The van der Waals surface area contributed by atoms with Gasteiger partial charge in [0.25, 0.3) is 0 Å². The van der Waals surface area contributed by atoms with Gasteiger partial charge in [-0.3, -0.25) is 9.59 Å². The molecule has 148 valence electrons. The van der Waals surface area contributed by atoms with Crippen molar-refractivity contribution in [1.29, 1.82) is 0 Å². The number of benzene rings is 2. The minimum absolute atomic E-state index is 0.0434. The monoisotopic (exact) mass is 381 g/mol. The molecule has 0 bridgehead atoms. The lowest BCUT2D eigenvalue weighted by molar-refractivity contribution is -0.128. The number of rotatable bonds is 6. The van der Waals surface area contributed by atoms with E-state index >= 15 is 0 Å². The molecule has 0 aromatic heterocycles. The van der Waals surface area contributed by atoms with Gasteiger partial charge in [-0.25, -0.2) is 0 Å². The largest absolute Gasteiger partial charge is 0.497 e. The molecule has 6 nitrogen and oxygen atoms in total. The Morgan fingerprint density at radius 3 is 2.39 bits per heavy atom. The van der Waals surface area contributed by atoms with E-state index < -0.39 is 6.04 Å². The van der Waals surface area contributed by atoms with E-state index in [-0.39, 0.29) is 23.8 Å². The molecule has 0 fully saturated rings. The van der Waals surface area contributed by atoms with Crippen LogP contribution in [0.1, 0.15) is 25.0 Å². The predicted molar refractivity (Wildman–Crippen MR) is 109 cm³/mol. The molecule has 0 radical (unpaired) electrons. The molecule has 1 aliphatic heterocycles. The fourth-order valence-corrected chi connectivity index (χ4v) is 3.32. The number of amides is 2. The molecule has 0 saturated carbocycles. The van der Waals surface area contributed by atoms with Crippen LogP contribution >= 0.6 is 0 Å². The number of nitrogens with one attached hydrogen (secondary N) is 3. The van der Waals surface area contributed by atoms with Crippen LogP contribution < -0.4 is 20.7 Å². The molecule has 28 heavy (non-hydrogen) atoms. The van der Waals surface area contributed by atoms with E-state index in [2.05, 4.69) is 22.0 Å². The molecular weight excluding hydrogens is 354 g/mol. The van der Waals surface area contributed by atoms with Crippen molar-refractivity contribution >= 4 is 17.5 Å². The van der Waals surface area contributed by atoms with E-state index in [0.717, 1.165) is 5.75 Å². The third kappa shape index (κ3) is 4.70. The highest BCUT2D eigenvalue weighted by Gasteiger charge is 2.29. The first-order chi connectivity index (χ1) is 13.5. The van der Waals surface area contributed by atoms with Gasteiger partial charge in [0.1, 0.15) is 11.8 Å². The number of carbonyl (C=O) groups excluding carboxylic acids is 2. The zero-order chi connectivity index (χ0) is 20.1. The van der Waals surface area contributed by atoms with Crippen LogP contribution in [-0.4, -0.2) is 31.0 Å². The van der Waals surface area contributed by atoms with Crippen molar-refractivity contribution in [2.24, 2.45) is 5.92 Å². The molecule has 1 aliphatic rings. The van der Waals surface area contributed by atoms with Gasteiger partial charge in [-0.15, -0.1) is 0 Å². The second kappa shape index (κ2) is 8.89. The fourth-order valence-electron chi connectivity index (χ4n) is 3.32. The third-order valence-corrected chi connectivity index (χ3v) is 5.00. The Labute approximate surface area is 165 Å². The van der Waals surface area contributed by atoms with Gasteiger partial charge in [-0.2, -0.15) is 0 Å². The van der Waals surface area contributed by atoms with Crippen LogP contribution in [0.15, 0.2) is 48.5 Å². The second-order valence-electron chi connectivity index (χ2n) is 7.35. The maximum absolute atomic E-state index is 12.8. The molecule has 0 spiro atoms. The van der Waals surface area contributed by atoms with Gasteiger partial charge in [-0.05, 0) is 47.7 Å². The smallest absolute Gasteiger partial charge is 0.247 e. The zero-order valence-corrected chi connectivity index (χ0v) is 16.5. The molecule has 0 aliphatic carbocycles. The maximum atomic E-state index is 12.8. The molecule has 6 heteroatoms. The molecule has 1 heterocycles. The highest BCUT2D eigenvalue weighted by Crippen LogP contribution is 2.18. The van der Waals surface area contributed by atoms with Gasteiger partial charge in [-0.1, -0.05) is 38.1 Å². The van der Waals surface area contributed by atoms with Crippen molar-refractivity contribution < 1.29 is 14.3 Å². The van der Waals surface area contributed by atoms with Gasteiger partial charge in [0, 0.05) is 12.2 Å². The highest BCUT2D eigenvalue weighted by atomic mass is 16.5. The number of hydrogen-bond donors (Lipinski definition) is 3. The Morgan fingerprint density at radius 2 is 1.75 bits per heavy atom. The average molecular weight is 381 g/mol. The van der Waals surface area contributed by atoms with Crippen molar-refractivity contribution in [3.63, 3.8) is 0 Å². The molecule has 2 aromatic carbocycles. The third-order valence-electron chi connectivity index (χ3n) is 5.00. The standard InChI is InChI=1S/C22H27N3O3/c1-14(2)20(22(27)24-17-8-10-18(28-3)11-9-17)25-21(26)19-12-15-6-4-5-7-16(15)13-23-19/h4-11,14,19-20,23H,12-13H2,1-3H3,(H,24,27)(H,25,26)/t19-,20+/m1/s1. The molecule has 2 amide bonds. The minimum atomic E-state index is -0.617. The fraction of sp³-hybridized carbons (Fsp3) is 0.364. The summed E-state index contributed by atoms with van der Waals surface area (Å²) in [5.41, 5.74) is 3.05. The Bertz CT molecular complexity index is 833. The SMILES string of the molecule is COc1ccc(NC(=O)[C@@H](NC(=O)[C@H]2Cc3ccccc3CN2)C(C)C)cc1. The molecule has 0 unspecified atom stereocenters. The number of anilines is 1. The molecule has 3 N–H and O–H groups in total. The molecule has 0 saturated heterocycles. The number of methoxy groups -OCH3 is 1. The van der Waals surface area contributed by atoms with Gasteiger partial charge in [0.05, 0.1) is 13.2 Å². The van der Waals surface area contributed by atoms with Crippen LogP contribution in [0.5, 0.6) is 5.75 Å². The predicted octanol–water partition coefficient (Wildman–Crippen LogP) is 2.49. The minimum Gasteiger partial charge on any atom is -0.497 e. The summed E-state index contributed by atoms with van der Waals surface area (Å²) in [4.78, 5) is 25.5. The summed E-state index contributed by atoms with van der Waals surface area (Å²) in [5, 5.41) is 9.05. The summed E-state index contributed by atoms with van der Waals surface area (Å²) in [5.74, 6) is 0.288. The topological polar surface area (TPSA) is 79.5 Å². The maximum Gasteiger partial charge on any atom is 0.247 e. The van der Waals surface area contributed by atoms with Crippen LogP contribution in [0, 0.1) is 5.92 Å². The van der Waals surface area contributed by atoms with Crippen molar-refractivity contribution in [3.8, 4) is 5.75 Å². The Kier molecular flexibility index (Phi) is 6.31. The van der Waals surface area contributed by atoms with E-state index in [9.17, 15) is 9.59 Å². The summed E-state index contributed by atoms with van der Waals surface area (Å²) in [6.07, 6.45) is 0.618. The molecule has 2 atom stereocenters. The van der Waals surface area contributed by atoms with Crippen LogP contribution in [0.2, 0.25) is 0 Å². The van der Waals surface area contributed by atoms with Gasteiger partial charge >= 0.3 is 0 Å². The second-order valence-corrected chi connectivity index (χ2v) is 7.35. The van der Waals surface area contributed by atoms with Crippen LogP contribution in [0.25, 0.3) is 0 Å². The normalized spacial score (nSPS) is 16.8. The Morgan fingerprint density at radius 1 is 1.07 bits per heavy atom. The number of carbonyl (C=O) groups is 2. The molecule has 3 rings (SSSR count). The van der Waals surface area contributed by atoms with Crippen molar-refractivity contribution in [2.45, 2.75) is 38.9 Å². The van der Waals surface area contributed by atoms with E-state index in [4.69, 9.17) is 4.74 Å². The van der Waals surface area contributed by atoms with E-state index in [1.54, 1.807) is 31.4 Å². The Balaban J connectivity index is 1.63. The van der Waals surface area contributed by atoms with Crippen LogP contribution in [0.3, 0.4) is 0 Å². The van der Waals surface area contributed by atoms with Gasteiger partial charge in [0.15, 0.2) is 0 Å². The highest BCUT2D eigenvalue weighted by molar-refractivity contribution is 5.98. The van der Waals surface area contributed by atoms with Crippen LogP contribution in [0.4, 0.5) is 5.69 Å². The van der Waals surface area contributed by atoms with Crippen molar-refractivity contribution in [1.82, 2.24) is 10.6 Å². The molecule has 2 aromatic rings. The summed E-state index contributed by atoms with van der Waals surface area (Å²) in [6.45, 7) is 4.49. The van der Waals surface area contributed by atoms with Gasteiger partial charge < -0.3 is 20.7 Å². The average Bonchev–Trinajstić information content (AvgIpc) is 2.71. The van der Waals surface area contributed by atoms with E-state index in [1.807, 2.05) is 32.0 Å². The number of hydrogen-bond acceptors (Lipinski definition) is 4. The first-order valence-electron chi connectivity index (χ1n) is 9.53. The quantitative estimate of drug-likeness (QED) is 0.718. The van der Waals surface area contributed by atoms with Crippen molar-refractivity contribution in [2.75, 3.05) is 12.4 Å². The number of ether oxygens (including phenoxy) is 1. The lowest BCUT2D eigenvalue weighted by Crippen LogP contribution is -2.54. The first-order valence-corrected chi connectivity index (χ1v) is 9.53. The lowest BCUT2D eigenvalue weighted by atomic mass is 9.94. The Hall–Kier alpha value is -2.86. The number of fused-ring (bicyclic) bond motifs is 1. The summed E-state index contributed by atoms with van der Waals surface area (Å²) in [7, 11) is 1.59. The summed E-state index contributed by atoms with van der Waals surface area (Å²) < 4.78 is 5.13.